The summed E-state index contributed by atoms with van der Waals surface area (Å²) in [5.74, 6) is 5.52. The van der Waals surface area contributed by atoms with Gasteiger partial charge in [0.25, 0.3) is 0 Å². The van der Waals surface area contributed by atoms with Crippen molar-refractivity contribution >= 4 is 39.2 Å². The summed E-state index contributed by atoms with van der Waals surface area (Å²) in [5, 5.41) is 19.1. The largest absolute Gasteiger partial charge is 0.481 e. The molecule has 2 N–H and O–H groups in total. The van der Waals surface area contributed by atoms with Gasteiger partial charge in [-0.1, -0.05) is 65.4 Å². The van der Waals surface area contributed by atoms with Gasteiger partial charge in [0.15, 0.2) is 0 Å². The number of nitrogens with zero attached hydrogens (tertiary/aromatic N) is 4. The first-order chi connectivity index (χ1) is 24.0. The molecular weight excluding hydrogens is 693 g/mol. The van der Waals surface area contributed by atoms with Crippen LogP contribution in [0.1, 0.15) is 52.8 Å². The molecule has 0 bridgehead atoms. The number of aryl methyl sites for hydroxylation is 1. The van der Waals surface area contributed by atoms with Crippen molar-refractivity contribution < 1.29 is 18.3 Å². The van der Waals surface area contributed by atoms with Crippen molar-refractivity contribution in [2.24, 2.45) is 5.92 Å². The van der Waals surface area contributed by atoms with E-state index in [4.69, 9.17) is 28.3 Å². The smallest absolute Gasteiger partial charge is 0.306 e. The first kappa shape index (κ1) is 36.1. The van der Waals surface area contributed by atoms with Crippen LogP contribution < -0.4 is 5.32 Å². The van der Waals surface area contributed by atoms with Crippen LogP contribution in [0.3, 0.4) is 0 Å². The molecule has 1 saturated heterocycles. The summed E-state index contributed by atoms with van der Waals surface area (Å²) in [7, 11) is -3.38. The number of piperidine rings is 1. The minimum Gasteiger partial charge on any atom is -0.481 e. The molecule has 12 heteroatoms. The first-order valence-corrected chi connectivity index (χ1v) is 19.5. The number of aromatic nitrogens is 2. The average Bonchev–Trinajstić information content (AvgIpc) is 3.47. The molecule has 0 spiro atoms. The number of sulfonamides is 1. The van der Waals surface area contributed by atoms with E-state index in [9.17, 15) is 18.3 Å². The Morgan fingerprint density at radius 3 is 2.28 bits per heavy atom. The maximum absolute atomic E-state index is 12.5. The minimum atomic E-state index is -3.38. The second-order valence-electron chi connectivity index (χ2n) is 13.0. The topological polar surface area (TPSA) is 108 Å². The number of fused-ring (bicyclic) bond motifs is 1. The summed E-state index contributed by atoms with van der Waals surface area (Å²) in [5.41, 5.74) is 7.39. The van der Waals surface area contributed by atoms with E-state index in [1.54, 1.807) is 0 Å². The lowest BCUT2D eigenvalue weighted by Crippen LogP contribution is -2.37. The van der Waals surface area contributed by atoms with E-state index in [-0.39, 0.29) is 12.5 Å². The monoisotopic (exact) mass is 733 g/mol. The SMILES string of the molecule is CS(=O)(=O)N1CCc2c(c(-c3ccc(Cl)c(C#Cc4ccc(CNCc5ccc(Cl)cc5)cc4)c3)nn2CCCN2CCC(C(=O)O)CC2)C1. The van der Waals surface area contributed by atoms with Crippen LogP contribution in [0.5, 0.6) is 0 Å². The number of carboxylic acid groups (broad SMARTS) is 1. The van der Waals surface area contributed by atoms with Gasteiger partial charge in [0, 0.05) is 72.1 Å². The van der Waals surface area contributed by atoms with Crippen molar-refractivity contribution in [3.05, 3.63) is 110 Å². The van der Waals surface area contributed by atoms with Gasteiger partial charge in [-0.25, -0.2) is 8.42 Å². The fourth-order valence-electron chi connectivity index (χ4n) is 6.58. The van der Waals surface area contributed by atoms with E-state index in [1.165, 1.54) is 16.1 Å². The third-order valence-electron chi connectivity index (χ3n) is 9.46. The molecule has 262 valence electrons. The van der Waals surface area contributed by atoms with Gasteiger partial charge < -0.3 is 15.3 Å². The Morgan fingerprint density at radius 2 is 1.62 bits per heavy atom. The molecule has 0 aliphatic carbocycles. The molecule has 0 radical (unpaired) electrons. The van der Waals surface area contributed by atoms with Crippen molar-refractivity contribution in [3.8, 4) is 23.1 Å². The predicted molar refractivity (Wildman–Crippen MR) is 197 cm³/mol. The number of carbonyl (C=O) groups is 1. The predicted octanol–water partition coefficient (Wildman–Crippen LogP) is 6.05. The minimum absolute atomic E-state index is 0.251. The number of rotatable bonds is 11. The number of hydrogen-bond acceptors (Lipinski definition) is 6. The molecule has 0 unspecified atom stereocenters. The normalized spacial score (nSPS) is 15.7. The number of nitrogens with one attached hydrogen (secondary N) is 1. The molecule has 50 heavy (non-hydrogen) atoms. The lowest BCUT2D eigenvalue weighted by Gasteiger charge is -2.30. The van der Waals surface area contributed by atoms with E-state index in [0.29, 0.717) is 42.9 Å². The van der Waals surface area contributed by atoms with Crippen LogP contribution in [0.15, 0.2) is 66.7 Å². The highest BCUT2D eigenvalue weighted by Crippen LogP contribution is 2.33. The van der Waals surface area contributed by atoms with Gasteiger partial charge in [0.2, 0.25) is 10.0 Å². The van der Waals surface area contributed by atoms with Gasteiger partial charge in [-0.3, -0.25) is 9.48 Å². The van der Waals surface area contributed by atoms with Gasteiger partial charge in [-0.05, 0) is 86.4 Å². The number of likely N-dealkylation sites (tertiary alicyclic amines) is 1. The van der Waals surface area contributed by atoms with Gasteiger partial charge in [0.05, 0.1) is 22.9 Å². The number of aliphatic carboxylic acids is 1. The van der Waals surface area contributed by atoms with E-state index in [0.717, 1.165) is 77.8 Å². The number of benzene rings is 3. The van der Waals surface area contributed by atoms with Crippen LogP contribution in [-0.2, 0) is 47.4 Å². The molecule has 1 fully saturated rings. The average molecular weight is 735 g/mol. The molecule has 4 aromatic rings. The van der Waals surface area contributed by atoms with Crippen molar-refractivity contribution in [3.63, 3.8) is 0 Å². The van der Waals surface area contributed by atoms with E-state index in [2.05, 4.69) is 34.2 Å². The lowest BCUT2D eigenvalue weighted by atomic mass is 9.97. The molecule has 9 nitrogen and oxygen atoms in total. The zero-order valence-corrected chi connectivity index (χ0v) is 30.4. The van der Waals surface area contributed by atoms with Gasteiger partial charge in [-0.15, -0.1) is 0 Å². The Balaban J connectivity index is 1.16. The zero-order valence-electron chi connectivity index (χ0n) is 28.0. The van der Waals surface area contributed by atoms with E-state index >= 15 is 0 Å². The first-order valence-electron chi connectivity index (χ1n) is 16.9. The van der Waals surface area contributed by atoms with E-state index < -0.39 is 16.0 Å². The second-order valence-corrected chi connectivity index (χ2v) is 15.8. The molecule has 3 aromatic carbocycles. The van der Waals surface area contributed by atoms with Crippen molar-refractivity contribution in [1.29, 1.82) is 0 Å². The molecule has 3 heterocycles. The lowest BCUT2D eigenvalue weighted by molar-refractivity contribution is -0.143. The highest BCUT2D eigenvalue weighted by Gasteiger charge is 2.30. The van der Waals surface area contributed by atoms with Crippen LogP contribution in [0.4, 0.5) is 0 Å². The summed E-state index contributed by atoms with van der Waals surface area (Å²) in [4.78, 5) is 13.7. The Hall–Kier alpha value is -3.69. The van der Waals surface area contributed by atoms with Crippen molar-refractivity contribution in [1.82, 2.24) is 24.3 Å². The molecule has 0 amide bonds. The van der Waals surface area contributed by atoms with Crippen LogP contribution in [0.25, 0.3) is 11.3 Å². The fourth-order valence-corrected chi connectivity index (χ4v) is 7.66. The van der Waals surface area contributed by atoms with Crippen LogP contribution in [-0.4, -0.2) is 70.9 Å². The number of carboxylic acids is 1. The molecule has 1 aromatic heterocycles. The standard InChI is InChI=1S/C38H41Cl2N5O4S/c1-50(48,49)44-22-17-36-34(26-44)37(42-45(36)19-2-18-43-20-15-30(16-21-43)38(46)47)32-11-14-35(40)31(23-32)10-7-27-3-5-28(6-4-27)24-41-25-29-8-12-33(39)13-9-29/h3-6,8-9,11-14,23,30,41H,2,15-22,24-26H2,1H3,(H,46,47). The maximum atomic E-state index is 12.5. The van der Waals surface area contributed by atoms with Crippen LogP contribution in [0, 0.1) is 17.8 Å². The zero-order chi connectivity index (χ0) is 35.3. The van der Waals surface area contributed by atoms with E-state index in [1.807, 2.05) is 59.3 Å². The fraction of sp³-hybridized carbons (Fsp3) is 0.368. The molecular formula is C38H41Cl2N5O4S. The Kier molecular flexibility index (Phi) is 11.6. The van der Waals surface area contributed by atoms with Crippen molar-refractivity contribution in [2.75, 3.05) is 32.4 Å². The second kappa shape index (κ2) is 16.1. The molecule has 2 aliphatic heterocycles. The quantitative estimate of drug-likeness (QED) is 0.181. The van der Waals surface area contributed by atoms with Gasteiger partial charge in [0.1, 0.15) is 0 Å². The highest BCUT2D eigenvalue weighted by molar-refractivity contribution is 7.88. The number of hydrogen-bond donors (Lipinski definition) is 2. The Bertz CT molecular complexity index is 2000. The Morgan fingerprint density at radius 1 is 0.940 bits per heavy atom. The number of halogens is 2. The van der Waals surface area contributed by atoms with Gasteiger partial charge >= 0.3 is 5.97 Å². The molecule has 0 saturated carbocycles. The summed E-state index contributed by atoms with van der Waals surface area (Å²) in [6.07, 6.45) is 4.03. The highest BCUT2D eigenvalue weighted by atomic mass is 35.5. The third kappa shape index (κ3) is 9.15. The third-order valence-corrected chi connectivity index (χ3v) is 11.3. The molecule has 2 aliphatic rings. The van der Waals surface area contributed by atoms with Crippen LogP contribution in [0.2, 0.25) is 10.0 Å². The summed E-state index contributed by atoms with van der Waals surface area (Å²) in [6.45, 7) is 5.25. The maximum Gasteiger partial charge on any atom is 0.306 e. The summed E-state index contributed by atoms with van der Waals surface area (Å²) < 4.78 is 28.6. The molecule has 0 atom stereocenters. The molecule has 6 rings (SSSR count). The van der Waals surface area contributed by atoms with Crippen LogP contribution >= 0.6 is 23.2 Å². The Labute approximate surface area is 304 Å². The van der Waals surface area contributed by atoms with Gasteiger partial charge in [-0.2, -0.15) is 9.40 Å². The summed E-state index contributed by atoms with van der Waals surface area (Å²) in [6, 6.07) is 21.6. The summed E-state index contributed by atoms with van der Waals surface area (Å²) >= 11 is 12.6. The van der Waals surface area contributed by atoms with Crippen molar-refractivity contribution in [2.45, 2.75) is 51.9 Å².